The third-order valence-electron chi connectivity index (χ3n) is 3.53. The highest BCUT2D eigenvalue weighted by molar-refractivity contribution is 5.80. The van der Waals surface area contributed by atoms with Crippen molar-refractivity contribution in [3.05, 3.63) is 53.6 Å². The van der Waals surface area contributed by atoms with Crippen molar-refractivity contribution in [3.8, 4) is 11.4 Å². The Morgan fingerprint density at radius 1 is 1.15 bits per heavy atom. The molecule has 0 unspecified atom stereocenters. The maximum absolute atomic E-state index is 4.69. The fourth-order valence-corrected chi connectivity index (χ4v) is 2.40. The average molecular weight is 265 g/mol. The summed E-state index contributed by atoms with van der Waals surface area (Å²) in [4.78, 5) is 8.12. The van der Waals surface area contributed by atoms with Crippen LogP contribution in [-0.2, 0) is 6.54 Å². The molecular weight excluding hydrogens is 246 g/mol. The van der Waals surface area contributed by atoms with Crippen LogP contribution in [0.3, 0.4) is 0 Å². The molecule has 0 saturated carbocycles. The molecular formula is C17H19N3. The number of hydrogen-bond donors (Lipinski definition) is 2. The van der Waals surface area contributed by atoms with Crippen LogP contribution < -0.4 is 5.32 Å². The van der Waals surface area contributed by atoms with Gasteiger partial charge in [0.25, 0.3) is 0 Å². The van der Waals surface area contributed by atoms with Gasteiger partial charge in [-0.15, -0.1) is 0 Å². The van der Waals surface area contributed by atoms with Crippen LogP contribution in [0.2, 0.25) is 0 Å². The summed E-state index contributed by atoms with van der Waals surface area (Å²) in [5.41, 5.74) is 5.79. The molecule has 0 radical (unpaired) electrons. The lowest BCUT2D eigenvalue weighted by Crippen LogP contribution is -2.11. The van der Waals surface area contributed by atoms with Crippen molar-refractivity contribution >= 4 is 11.0 Å². The average Bonchev–Trinajstić information content (AvgIpc) is 2.88. The van der Waals surface area contributed by atoms with Crippen LogP contribution in [0.15, 0.2) is 42.5 Å². The molecule has 0 aliphatic heterocycles. The number of rotatable bonds is 4. The summed E-state index contributed by atoms with van der Waals surface area (Å²) in [5.74, 6) is 0.943. The van der Waals surface area contributed by atoms with E-state index in [0.29, 0.717) is 0 Å². The molecule has 1 aromatic heterocycles. The Morgan fingerprint density at radius 2 is 2.00 bits per heavy atom. The first-order chi connectivity index (χ1) is 9.78. The topological polar surface area (TPSA) is 40.7 Å². The lowest BCUT2D eigenvalue weighted by Gasteiger charge is -2.01. The second-order valence-corrected chi connectivity index (χ2v) is 5.03. The van der Waals surface area contributed by atoms with Crippen LogP contribution in [0.1, 0.15) is 18.1 Å². The summed E-state index contributed by atoms with van der Waals surface area (Å²) < 4.78 is 0. The Labute approximate surface area is 119 Å². The maximum atomic E-state index is 4.69. The highest BCUT2D eigenvalue weighted by Crippen LogP contribution is 2.23. The first-order valence-electron chi connectivity index (χ1n) is 7.03. The third kappa shape index (κ3) is 2.45. The van der Waals surface area contributed by atoms with Crippen molar-refractivity contribution < 1.29 is 0 Å². The lowest BCUT2D eigenvalue weighted by atomic mass is 10.1. The molecule has 102 valence electrons. The van der Waals surface area contributed by atoms with Gasteiger partial charge in [-0.05, 0) is 36.7 Å². The molecule has 0 saturated heterocycles. The molecule has 0 fully saturated rings. The number of H-pyrrole nitrogens is 1. The lowest BCUT2D eigenvalue weighted by molar-refractivity contribution is 0.727. The Bertz CT molecular complexity index is 728. The van der Waals surface area contributed by atoms with Crippen molar-refractivity contribution in [3.63, 3.8) is 0 Å². The molecule has 2 N–H and O–H groups in total. The van der Waals surface area contributed by atoms with Gasteiger partial charge >= 0.3 is 0 Å². The molecule has 3 rings (SSSR count). The van der Waals surface area contributed by atoms with E-state index in [9.17, 15) is 0 Å². The molecule has 3 aromatic rings. The number of aromatic amines is 1. The quantitative estimate of drug-likeness (QED) is 0.756. The van der Waals surface area contributed by atoms with E-state index in [1.54, 1.807) is 0 Å². The molecule has 0 amide bonds. The van der Waals surface area contributed by atoms with Gasteiger partial charge in [0, 0.05) is 12.1 Å². The molecule has 3 heteroatoms. The fourth-order valence-electron chi connectivity index (χ4n) is 2.40. The summed E-state index contributed by atoms with van der Waals surface area (Å²) in [5, 5.41) is 3.34. The fraction of sp³-hybridized carbons (Fsp3) is 0.235. The smallest absolute Gasteiger partial charge is 0.138 e. The number of aryl methyl sites for hydroxylation is 1. The zero-order valence-electron chi connectivity index (χ0n) is 11.9. The Balaban J connectivity index is 2.00. The van der Waals surface area contributed by atoms with Gasteiger partial charge in [-0.25, -0.2) is 4.98 Å². The molecule has 2 aromatic carbocycles. The van der Waals surface area contributed by atoms with E-state index >= 15 is 0 Å². The molecule has 0 bridgehead atoms. The van der Waals surface area contributed by atoms with Crippen LogP contribution in [-0.4, -0.2) is 16.5 Å². The van der Waals surface area contributed by atoms with E-state index in [-0.39, 0.29) is 0 Å². The number of aromatic nitrogens is 2. The van der Waals surface area contributed by atoms with E-state index in [2.05, 4.69) is 65.5 Å². The van der Waals surface area contributed by atoms with Crippen LogP contribution >= 0.6 is 0 Å². The second-order valence-electron chi connectivity index (χ2n) is 5.03. The van der Waals surface area contributed by atoms with Crippen molar-refractivity contribution in [2.24, 2.45) is 0 Å². The van der Waals surface area contributed by atoms with Crippen molar-refractivity contribution in [2.75, 3.05) is 6.54 Å². The Kier molecular flexibility index (Phi) is 3.52. The highest BCUT2D eigenvalue weighted by atomic mass is 14.9. The Morgan fingerprint density at radius 3 is 2.80 bits per heavy atom. The van der Waals surface area contributed by atoms with Crippen LogP contribution in [0.25, 0.3) is 22.4 Å². The molecule has 0 spiro atoms. The summed E-state index contributed by atoms with van der Waals surface area (Å²) in [7, 11) is 0. The molecule has 0 aliphatic rings. The molecule has 0 atom stereocenters. The predicted molar refractivity (Wildman–Crippen MR) is 83.6 cm³/mol. The van der Waals surface area contributed by atoms with Crippen molar-refractivity contribution in [2.45, 2.75) is 20.4 Å². The first kappa shape index (κ1) is 12.9. The number of nitrogens with one attached hydrogen (secondary N) is 2. The SMILES string of the molecule is CCNCc1ccc2nc(-c3ccccc3C)[nH]c2c1. The largest absolute Gasteiger partial charge is 0.338 e. The van der Waals surface area contributed by atoms with Crippen LogP contribution in [0.4, 0.5) is 0 Å². The number of hydrogen-bond acceptors (Lipinski definition) is 2. The van der Waals surface area contributed by atoms with Crippen molar-refractivity contribution in [1.29, 1.82) is 0 Å². The van der Waals surface area contributed by atoms with Gasteiger partial charge in [-0.3, -0.25) is 0 Å². The van der Waals surface area contributed by atoms with Crippen LogP contribution in [0, 0.1) is 6.92 Å². The number of fused-ring (bicyclic) bond motifs is 1. The highest BCUT2D eigenvalue weighted by Gasteiger charge is 2.07. The third-order valence-corrected chi connectivity index (χ3v) is 3.53. The predicted octanol–water partition coefficient (Wildman–Crippen LogP) is 3.65. The van der Waals surface area contributed by atoms with E-state index < -0.39 is 0 Å². The van der Waals surface area contributed by atoms with Gasteiger partial charge in [0.05, 0.1) is 11.0 Å². The zero-order chi connectivity index (χ0) is 13.9. The first-order valence-corrected chi connectivity index (χ1v) is 7.03. The minimum absolute atomic E-state index is 0.894. The van der Waals surface area contributed by atoms with Gasteiger partial charge in [0.15, 0.2) is 0 Å². The summed E-state index contributed by atoms with van der Waals surface area (Å²) in [6.45, 7) is 6.10. The number of nitrogens with zero attached hydrogens (tertiary/aromatic N) is 1. The van der Waals surface area contributed by atoms with Gasteiger partial charge in [0.1, 0.15) is 5.82 Å². The van der Waals surface area contributed by atoms with E-state index in [1.165, 1.54) is 11.1 Å². The standard InChI is InChI=1S/C17H19N3/c1-3-18-11-13-8-9-15-16(10-13)20-17(19-15)14-7-5-4-6-12(14)2/h4-10,18H,3,11H2,1-2H3,(H,19,20). The summed E-state index contributed by atoms with van der Waals surface area (Å²) >= 11 is 0. The molecule has 0 aliphatic carbocycles. The zero-order valence-corrected chi connectivity index (χ0v) is 11.9. The van der Waals surface area contributed by atoms with Crippen molar-refractivity contribution in [1.82, 2.24) is 15.3 Å². The number of imidazole rings is 1. The monoisotopic (exact) mass is 265 g/mol. The summed E-state index contributed by atoms with van der Waals surface area (Å²) in [6, 6.07) is 14.7. The van der Waals surface area contributed by atoms with Gasteiger partial charge in [-0.1, -0.05) is 37.3 Å². The van der Waals surface area contributed by atoms with E-state index in [0.717, 1.165) is 35.5 Å². The number of benzene rings is 2. The van der Waals surface area contributed by atoms with E-state index in [1.807, 2.05) is 6.07 Å². The van der Waals surface area contributed by atoms with Crippen LogP contribution in [0.5, 0.6) is 0 Å². The van der Waals surface area contributed by atoms with Gasteiger partial charge in [-0.2, -0.15) is 0 Å². The Hall–Kier alpha value is -2.13. The second kappa shape index (κ2) is 5.47. The minimum atomic E-state index is 0.894. The van der Waals surface area contributed by atoms with Gasteiger partial charge < -0.3 is 10.3 Å². The molecule has 20 heavy (non-hydrogen) atoms. The normalized spacial score (nSPS) is 11.1. The van der Waals surface area contributed by atoms with Gasteiger partial charge in [0.2, 0.25) is 0 Å². The minimum Gasteiger partial charge on any atom is -0.338 e. The molecule has 3 nitrogen and oxygen atoms in total. The maximum Gasteiger partial charge on any atom is 0.138 e. The van der Waals surface area contributed by atoms with E-state index in [4.69, 9.17) is 0 Å². The summed E-state index contributed by atoms with van der Waals surface area (Å²) in [6.07, 6.45) is 0. The molecule has 1 heterocycles.